The summed E-state index contributed by atoms with van der Waals surface area (Å²) in [7, 11) is 0. The van der Waals surface area contributed by atoms with Crippen LogP contribution in [-0.2, 0) is 11.3 Å². The van der Waals surface area contributed by atoms with E-state index in [0.29, 0.717) is 6.61 Å². The summed E-state index contributed by atoms with van der Waals surface area (Å²) in [5.74, 6) is 0.892. The van der Waals surface area contributed by atoms with Crippen molar-refractivity contribution in [2.45, 2.75) is 19.9 Å². The molecule has 0 saturated heterocycles. The van der Waals surface area contributed by atoms with E-state index in [4.69, 9.17) is 9.47 Å². The first-order valence-corrected chi connectivity index (χ1v) is 6.48. The number of ether oxygens (including phenoxy) is 2. The molecular formula is C15H23NO2. The second-order valence-electron chi connectivity index (χ2n) is 3.97. The Morgan fingerprint density at radius 3 is 3.06 bits per heavy atom. The molecule has 0 aliphatic heterocycles. The van der Waals surface area contributed by atoms with Crippen LogP contribution in [0.2, 0.25) is 0 Å². The van der Waals surface area contributed by atoms with Gasteiger partial charge in [-0.3, -0.25) is 0 Å². The average Bonchev–Trinajstić information content (AvgIpc) is 2.41. The van der Waals surface area contributed by atoms with Gasteiger partial charge in [0.25, 0.3) is 0 Å². The second-order valence-corrected chi connectivity index (χ2v) is 3.97. The monoisotopic (exact) mass is 249 g/mol. The molecule has 0 atom stereocenters. The fourth-order valence-electron chi connectivity index (χ4n) is 1.58. The van der Waals surface area contributed by atoms with Gasteiger partial charge in [0, 0.05) is 19.8 Å². The highest BCUT2D eigenvalue weighted by molar-refractivity contribution is 5.28. The van der Waals surface area contributed by atoms with Gasteiger partial charge in [-0.2, -0.15) is 0 Å². The Labute approximate surface area is 110 Å². The van der Waals surface area contributed by atoms with E-state index in [9.17, 15) is 0 Å². The highest BCUT2D eigenvalue weighted by atomic mass is 16.5. The molecule has 18 heavy (non-hydrogen) atoms. The van der Waals surface area contributed by atoms with Crippen LogP contribution >= 0.6 is 0 Å². The zero-order valence-electron chi connectivity index (χ0n) is 11.2. The Kier molecular flexibility index (Phi) is 7.93. The standard InChI is InChI=1S/C15H23NO2/c1-3-10-18-15-8-5-7-14(12-15)13-16-9-6-11-17-4-2/h3,5,7-8,12,16H,1,4,6,9-11,13H2,2H3. The molecule has 0 bridgehead atoms. The third kappa shape index (κ3) is 6.42. The molecule has 100 valence electrons. The zero-order valence-corrected chi connectivity index (χ0v) is 11.2. The quantitative estimate of drug-likeness (QED) is 0.511. The first-order chi connectivity index (χ1) is 8.86. The molecule has 0 aromatic heterocycles. The first-order valence-electron chi connectivity index (χ1n) is 6.48. The highest BCUT2D eigenvalue weighted by Crippen LogP contribution is 2.13. The van der Waals surface area contributed by atoms with Gasteiger partial charge >= 0.3 is 0 Å². The molecule has 0 unspecified atom stereocenters. The van der Waals surface area contributed by atoms with Crippen molar-refractivity contribution in [3.05, 3.63) is 42.5 Å². The molecule has 1 rings (SSSR count). The van der Waals surface area contributed by atoms with E-state index in [1.165, 1.54) is 5.56 Å². The molecule has 3 heteroatoms. The van der Waals surface area contributed by atoms with Crippen LogP contribution in [0.1, 0.15) is 18.9 Å². The van der Waals surface area contributed by atoms with Gasteiger partial charge in [0.05, 0.1) is 0 Å². The minimum Gasteiger partial charge on any atom is -0.490 e. The Balaban J connectivity index is 2.22. The zero-order chi connectivity index (χ0) is 13.1. The maximum atomic E-state index is 5.49. The van der Waals surface area contributed by atoms with E-state index < -0.39 is 0 Å². The third-order valence-electron chi connectivity index (χ3n) is 2.44. The largest absolute Gasteiger partial charge is 0.490 e. The molecule has 0 aliphatic carbocycles. The fraction of sp³-hybridized carbons (Fsp3) is 0.467. The van der Waals surface area contributed by atoms with Gasteiger partial charge in [-0.1, -0.05) is 24.8 Å². The van der Waals surface area contributed by atoms with Crippen LogP contribution in [-0.4, -0.2) is 26.4 Å². The molecular weight excluding hydrogens is 226 g/mol. The van der Waals surface area contributed by atoms with Crippen molar-refractivity contribution in [3.63, 3.8) is 0 Å². The summed E-state index contributed by atoms with van der Waals surface area (Å²) in [5.41, 5.74) is 1.23. The van der Waals surface area contributed by atoms with Crippen LogP contribution in [0.15, 0.2) is 36.9 Å². The Hall–Kier alpha value is -1.32. The van der Waals surface area contributed by atoms with Gasteiger partial charge < -0.3 is 14.8 Å². The van der Waals surface area contributed by atoms with Crippen LogP contribution in [0.5, 0.6) is 5.75 Å². The molecule has 1 aromatic carbocycles. The van der Waals surface area contributed by atoms with Crippen LogP contribution in [0.3, 0.4) is 0 Å². The maximum absolute atomic E-state index is 5.49. The van der Waals surface area contributed by atoms with Crippen molar-refractivity contribution in [1.29, 1.82) is 0 Å². The van der Waals surface area contributed by atoms with E-state index >= 15 is 0 Å². The topological polar surface area (TPSA) is 30.5 Å². The Morgan fingerprint density at radius 1 is 1.39 bits per heavy atom. The van der Waals surface area contributed by atoms with Crippen molar-refractivity contribution in [3.8, 4) is 5.75 Å². The lowest BCUT2D eigenvalue weighted by atomic mass is 10.2. The van der Waals surface area contributed by atoms with Gasteiger partial charge in [-0.05, 0) is 37.6 Å². The summed E-state index contributed by atoms with van der Waals surface area (Å²) in [6.45, 7) is 9.65. The van der Waals surface area contributed by atoms with E-state index in [1.54, 1.807) is 6.08 Å². The molecule has 0 spiro atoms. The summed E-state index contributed by atoms with van der Waals surface area (Å²) in [4.78, 5) is 0. The Bertz CT molecular complexity index is 339. The average molecular weight is 249 g/mol. The number of hydrogen-bond donors (Lipinski definition) is 1. The van der Waals surface area contributed by atoms with Crippen LogP contribution in [0.25, 0.3) is 0 Å². The van der Waals surface area contributed by atoms with Crippen molar-refractivity contribution in [2.24, 2.45) is 0 Å². The summed E-state index contributed by atoms with van der Waals surface area (Å²) < 4.78 is 10.8. The van der Waals surface area contributed by atoms with Crippen molar-refractivity contribution in [1.82, 2.24) is 5.32 Å². The molecule has 3 nitrogen and oxygen atoms in total. The predicted molar refractivity (Wildman–Crippen MR) is 75.0 cm³/mol. The van der Waals surface area contributed by atoms with Crippen molar-refractivity contribution < 1.29 is 9.47 Å². The smallest absolute Gasteiger partial charge is 0.120 e. The van der Waals surface area contributed by atoms with Gasteiger partial charge in [0.1, 0.15) is 12.4 Å². The van der Waals surface area contributed by atoms with Gasteiger partial charge in [-0.15, -0.1) is 0 Å². The van der Waals surface area contributed by atoms with Crippen molar-refractivity contribution in [2.75, 3.05) is 26.4 Å². The van der Waals surface area contributed by atoms with E-state index in [-0.39, 0.29) is 0 Å². The van der Waals surface area contributed by atoms with Gasteiger partial charge in [0.15, 0.2) is 0 Å². The number of benzene rings is 1. The number of rotatable bonds is 10. The molecule has 0 saturated carbocycles. The SMILES string of the molecule is C=CCOc1cccc(CNCCCOCC)c1. The molecule has 0 radical (unpaired) electrons. The van der Waals surface area contributed by atoms with Gasteiger partial charge in [0.2, 0.25) is 0 Å². The lowest BCUT2D eigenvalue weighted by molar-refractivity contribution is 0.144. The van der Waals surface area contributed by atoms with Crippen LogP contribution < -0.4 is 10.1 Å². The van der Waals surface area contributed by atoms with Crippen molar-refractivity contribution >= 4 is 0 Å². The lowest BCUT2D eigenvalue weighted by Gasteiger charge is -2.07. The molecule has 0 aliphatic rings. The fourth-order valence-corrected chi connectivity index (χ4v) is 1.58. The predicted octanol–water partition coefficient (Wildman–Crippen LogP) is 2.77. The molecule has 0 amide bonds. The summed E-state index contributed by atoms with van der Waals surface area (Å²) in [6.07, 6.45) is 2.79. The maximum Gasteiger partial charge on any atom is 0.120 e. The lowest BCUT2D eigenvalue weighted by Crippen LogP contribution is -2.16. The molecule has 1 N–H and O–H groups in total. The molecule has 0 fully saturated rings. The van der Waals surface area contributed by atoms with E-state index in [0.717, 1.165) is 38.5 Å². The van der Waals surface area contributed by atoms with E-state index in [2.05, 4.69) is 24.0 Å². The number of nitrogens with one attached hydrogen (secondary N) is 1. The summed E-state index contributed by atoms with van der Waals surface area (Å²) in [5, 5.41) is 3.39. The Morgan fingerprint density at radius 2 is 2.28 bits per heavy atom. The summed E-state index contributed by atoms with van der Waals surface area (Å²) >= 11 is 0. The summed E-state index contributed by atoms with van der Waals surface area (Å²) in [6, 6.07) is 8.12. The third-order valence-corrected chi connectivity index (χ3v) is 2.44. The molecule has 0 heterocycles. The number of hydrogen-bond acceptors (Lipinski definition) is 3. The normalized spacial score (nSPS) is 10.3. The highest BCUT2D eigenvalue weighted by Gasteiger charge is 1.96. The minimum absolute atomic E-state index is 0.547. The van der Waals surface area contributed by atoms with Gasteiger partial charge in [-0.25, -0.2) is 0 Å². The van der Waals surface area contributed by atoms with E-state index in [1.807, 2.05) is 19.1 Å². The minimum atomic E-state index is 0.547. The first kappa shape index (κ1) is 14.7. The van der Waals surface area contributed by atoms with Crippen LogP contribution in [0, 0.1) is 0 Å². The van der Waals surface area contributed by atoms with Crippen LogP contribution in [0.4, 0.5) is 0 Å². The second kappa shape index (κ2) is 9.68. The molecule has 1 aromatic rings.